The number of nitrogens with one attached hydrogen (secondary N) is 3. The van der Waals surface area contributed by atoms with Crippen molar-refractivity contribution in [1.82, 2.24) is 20.6 Å². The van der Waals surface area contributed by atoms with Crippen molar-refractivity contribution in [2.45, 2.75) is 50.6 Å². The Morgan fingerprint density at radius 3 is 2.84 bits per heavy atom. The third-order valence-electron chi connectivity index (χ3n) is 6.20. The van der Waals surface area contributed by atoms with Gasteiger partial charge in [-0.25, -0.2) is 4.98 Å². The highest BCUT2D eigenvalue weighted by atomic mass is 16.5. The van der Waals surface area contributed by atoms with Crippen LogP contribution in [0.1, 0.15) is 48.4 Å². The van der Waals surface area contributed by atoms with Crippen LogP contribution in [0, 0.1) is 5.92 Å². The summed E-state index contributed by atoms with van der Waals surface area (Å²) in [6, 6.07) is 7.09. The summed E-state index contributed by atoms with van der Waals surface area (Å²) in [5.41, 5.74) is 1.40. The zero-order chi connectivity index (χ0) is 22.5. The van der Waals surface area contributed by atoms with Gasteiger partial charge in [-0.2, -0.15) is 0 Å². The SMILES string of the molecule is O=C(CC1CCCOCC1)N[C@@H]1c2ccccc2C[C@H]1NC(=O)Cc1c(O)nc[nH]c1=O. The van der Waals surface area contributed by atoms with Crippen LogP contribution >= 0.6 is 0 Å². The van der Waals surface area contributed by atoms with Gasteiger partial charge in [0.25, 0.3) is 5.56 Å². The Morgan fingerprint density at radius 1 is 1.16 bits per heavy atom. The number of carbonyl (C=O) groups excluding carboxylic acids is 2. The average Bonchev–Trinajstić information content (AvgIpc) is 2.92. The van der Waals surface area contributed by atoms with Crippen molar-refractivity contribution in [3.63, 3.8) is 0 Å². The van der Waals surface area contributed by atoms with Gasteiger partial charge in [0, 0.05) is 19.6 Å². The molecule has 2 aromatic rings. The van der Waals surface area contributed by atoms with E-state index in [2.05, 4.69) is 20.6 Å². The number of rotatable bonds is 6. The third-order valence-corrected chi connectivity index (χ3v) is 6.20. The first-order valence-corrected chi connectivity index (χ1v) is 11.0. The summed E-state index contributed by atoms with van der Waals surface area (Å²) in [6.45, 7) is 1.43. The number of hydrogen-bond acceptors (Lipinski definition) is 6. The second-order valence-corrected chi connectivity index (χ2v) is 8.45. The molecular formula is C23H28N4O5. The summed E-state index contributed by atoms with van der Waals surface area (Å²) >= 11 is 0. The highest BCUT2D eigenvalue weighted by molar-refractivity contribution is 5.80. The van der Waals surface area contributed by atoms with Crippen LogP contribution < -0.4 is 16.2 Å². The van der Waals surface area contributed by atoms with Gasteiger partial charge in [0.05, 0.1) is 30.4 Å². The first-order chi connectivity index (χ1) is 15.5. The molecule has 1 unspecified atom stereocenters. The molecule has 9 heteroatoms. The molecule has 9 nitrogen and oxygen atoms in total. The maximum atomic E-state index is 12.8. The number of hydrogen-bond donors (Lipinski definition) is 4. The third kappa shape index (κ3) is 5.16. The zero-order valence-corrected chi connectivity index (χ0v) is 17.8. The summed E-state index contributed by atoms with van der Waals surface area (Å²) in [5.74, 6) is -0.630. The van der Waals surface area contributed by atoms with Crippen LogP contribution in [0.15, 0.2) is 35.4 Å². The van der Waals surface area contributed by atoms with Crippen LogP contribution in [-0.2, 0) is 27.2 Å². The van der Waals surface area contributed by atoms with E-state index in [1.54, 1.807) is 0 Å². The van der Waals surface area contributed by atoms with E-state index in [0.717, 1.165) is 43.3 Å². The molecule has 0 spiro atoms. The summed E-state index contributed by atoms with van der Waals surface area (Å²) in [7, 11) is 0. The smallest absolute Gasteiger partial charge is 0.258 e. The minimum atomic E-state index is -0.556. The molecule has 1 aromatic carbocycles. The van der Waals surface area contributed by atoms with E-state index in [0.29, 0.717) is 25.4 Å². The van der Waals surface area contributed by atoms with E-state index in [1.165, 1.54) is 0 Å². The number of nitrogens with zero attached hydrogens (tertiary/aromatic N) is 1. The molecular weight excluding hydrogens is 412 g/mol. The lowest BCUT2D eigenvalue weighted by molar-refractivity contribution is -0.124. The van der Waals surface area contributed by atoms with Crippen LogP contribution in [0.25, 0.3) is 0 Å². The number of aromatic nitrogens is 2. The lowest BCUT2D eigenvalue weighted by atomic mass is 9.96. The number of amides is 2. The Balaban J connectivity index is 1.44. The van der Waals surface area contributed by atoms with Crippen molar-refractivity contribution >= 4 is 11.8 Å². The molecule has 2 heterocycles. The average molecular weight is 441 g/mol. The van der Waals surface area contributed by atoms with E-state index >= 15 is 0 Å². The molecule has 0 radical (unpaired) electrons. The van der Waals surface area contributed by atoms with Crippen LogP contribution in [0.5, 0.6) is 5.88 Å². The van der Waals surface area contributed by atoms with Crippen LogP contribution in [0.3, 0.4) is 0 Å². The van der Waals surface area contributed by atoms with Crippen molar-refractivity contribution in [3.05, 3.63) is 57.6 Å². The van der Waals surface area contributed by atoms with Crippen molar-refractivity contribution < 1.29 is 19.4 Å². The van der Waals surface area contributed by atoms with Gasteiger partial charge < -0.3 is 25.5 Å². The standard InChI is InChI=1S/C23H28N4O5/c28-19(10-14-4-3-8-32-9-7-14)27-21-16-6-2-1-5-15(16)11-18(21)26-20(29)12-17-22(30)24-13-25-23(17)31/h1-2,5-6,13-14,18,21H,3-4,7-12H2,(H,26,29)(H,27,28)(H2,24,25,30,31)/t14?,18-,21-/m1/s1. The van der Waals surface area contributed by atoms with E-state index in [-0.39, 0.29) is 30.0 Å². The van der Waals surface area contributed by atoms with Gasteiger partial charge in [0.2, 0.25) is 17.7 Å². The first-order valence-electron chi connectivity index (χ1n) is 11.0. The van der Waals surface area contributed by atoms with Gasteiger partial charge in [-0.05, 0) is 42.7 Å². The van der Waals surface area contributed by atoms with E-state index < -0.39 is 17.3 Å². The topological polar surface area (TPSA) is 133 Å². The molecule has 1 aliphatic carbocycles. The Hall–Kier alpha value is -3.20. The maximum Gasteiger partial charge on any atom is 0.258 e. The minimum absolute atomic E-state index is 0.0424. The second kappa shape index (κ2) is 9.95. The zero-order valence-electron chi connectivity index (χ0n) is 17.8. The molecule has 0 saturated carbocycles. The number of ether oxygens (including phenoxy) is 1. The minimum Gasteiger partial charge on any atom is -0.493 e. The lowest BCUT2D eigenvalue weighted by Crippen LogP contribution is -2.45. The number of aromatic amines is 1. The van der Waals surface area contributed by atoms with Gasteiger partial charge in [-0.15, -0.1) is 0 Å². The van der Waals surface area contributed by atoms with Crippen molar-refractivity contribution in [2.75, 3.05) is 13.2 Å². The molecule has 1 fully saturated rings. The van der Waals surface area contributed by atoms with Crippen molar-refractivity contribution in [1.29, 1.82) is 0 Å². The highest BCUT2D eigenvalue weighted by Gasteiger charge is 2.35. The molecule has 2 amide bonds. The summed E-state index contributed by atoms with van der Waals surface area (Å²) in [6.07, 6.45) is 4.59. The monoisotopic (exact) mass is 440 g/mol. The van der Waals surface area contributed by atoms with E-state index in [1.807, 2.05) is 24.3 Å². The Labute approximate surface area is 185 Å². The van der Waals surface area contributed by atoms with Crippen molar-refractivity contribution in [3.8, 4) is 5.88 Å². The highest BCUT2D eigenvalue weighted by Crippen LogP contribution is 2.32. The second-order valence-electron chi connectivity index (χ2n) is 8.45. The molecule has 4 N–H and O–H groups in total. The molecule has 1 aliphatic heterocycles. The van der Waals surface area contributed by atoms with Crippen LogP contribution in [0.4, 0.5) is 0 Å². The number of fused-ring (bicyclic) bond motifs is 1. The maximum absolute atomic E-state index is 12.8. The van der Waals surface area contributed by atoms with Gasteiger partial charge >= 0.3 is 0 Å². The molecule has 3 atom stereocenters. The summed E-state index contributed by atoms with van der Waals surface area (Å²) < 4.78 is 5.49. The van der Waals surface area contributed by atoms with E-state index in [4.69, 9.17) is 4.74 Å². The van der Waals surface area contributed by atoms with Crippen molar-refractivity contribution in [2.24, 2.45) is 5.92 Å². The molecule has 1 saturated heterocycles. The normalized spacial score (nSPS) is 22.6. The number of H-pyrrole nitrogens is 1. The fourth-order valence-electron chi connectivity index (χ4n) is 4.57. The fourth-order valence-corrected chi connectivity index (χ4v) is 4.57. The molecule has 2 aliphatic rings. The van der Waals surface area contributed by atoms with E-state index in [9.17, 15) is 19.5 Å². The molecule has 4 rings (SSSR count). The molecule has 32 heavy (non-hydrogen) atoms. The van der Waals surface area contributed by atoms with Crippen LogP contribution in [0.2, 0.25) is 0 Å². The quantitative estimate of drug-likeness (QED) is 0.532. The van der Waals surface area contributed by atoms with Gasteiger partial charge in [0.15, 0.2) is 0 Å². The lowest BCUT2D eigenvalue weighted by Gasteiger charge is -2.24. The summed E-state index contributed by atoms with van der Waals surface area (Å²) in [5, 5.41) is 15.9. The Kier molecular flexibility index (Phi) is 6.84. The molecule has 170 valence electrons. The summed E-state index contributed by atoms with van der Waals surface area (Å²) in [4.78, 5) is 43.4. The molecule has 1 aromatic heterocycles. The number of carbonyl (C=O) groups is 2. The predicted octanol–water partition coefficient (Wildman–Crippen LogP) is 1.12. The van der Waals surface area contributed by atoms with Crippen LogP contribution in [-0.4, -0.2) is 46.1 Å². The Morgan fingerprint density at radius 2 is 2.00 bits per heavy atom. The number of aromatic hydroxyl groups is 1. The molecule has 0 bridgehead atoms. The van der Waals surface area contributed by atoms with Gasteiger partial charge in [0.1, 0.15) is 0 Å². The Bertz CT molecular complexity index is 1030. The predicted molar refractivity (Wildman–Crippen MR) is 116 cm³/mol. The van der Waals surface area contributed by atoms with Gasteiger partial charge in [-0.3, -0.25) is 14.4 Å². The fraction of sp³-hybridized carbons (Fsp3) is 0.478. The van der Waals surface area contributed by atoms with Gasteiger partial charge in [-0.1, -0.05) is 24.3 Å². The largest absolute Gasteiger partial charge is 0.493 e. The number of benzene rings is 1. The first kappa shape index (κ1) is 22.0.